The smallest absolute Gasteiger partial charge is 0.265 e. The first-order valence-electron chi connectivity index (χ1n) is 12.2. The maximum absolute atomic E-state index is 11.0. The zero-order valence-electron chi connectivity index (χ0n) is 20.5. The lowest BCUT2D eigenvalue weighted by atomic mass is 10.1. The van der Waals surface area contributed by atoms with Gasteiger partial charge in [0.2, 0.25) is 0 Å². The van der Waals surface area contributed by atoms with Crippen molar-refractivity contribution in [2.75, 3.05) is 25.6 Å². The summed E-state index contributed by atoms with van der Waals surface area (Å²) in [4.78, 5) is 4.33. The van der Waals surface area contributed by atoms with E-state index in [1.54, 1.807) is 31.5 Å². The quantitative estimate of drug-likeness (QED) is 0.282. The number of hydrogen-bond acceptors (Lipinski definition) is 8. The van der Waals surface area contributed by atoms with E-state index in [9.17, 15) is 13.5 Å². The van der Waals surface area contributed by atoms with Gasteiger partial charge in [-0.25, -0.2) is 4.68 Å². The second kappa shape index (κ2) is 11.5. The molecule has 1 aliphatic rings. The predicted molar refractivity (Wildman–Crippen MR) is 135 cm³/mol. The first-order chi connectivity index (χ1) is 17.2. The van der Waals surface area contributed by atoms with Crippen molar-refractivity contribution in [3.8, 4) is 22.8 Å². The molecule has 0 bridgehead atoms. The number of rotatable bonds is 11. The normalized spacial score (nSPS) is 18.2. The molecule has 0 amide bonds. The number of nitrogens with zero attached hydrogens (tertiary/aromatic N) is 3. The minimum Gasteiger partial charge on any atom is -0.508 e. The molecule has 0 saturated carbocycles. The number of ether oxygens (including phenoxy) is 3. The van der Waals surface area contributed by atoms with Crippen LogP contribution in [0.15, 0.2) is 36.7 Å². The van der Waals surface area contributed by atoms with Gasteiger partial charge in [-0.3, -0.25) is 9.54 Å². The summed E-state index contributed by atoms with van der Waals surface area (Å²) in [5.74, 6) is 0.228. The molecule has 1 saturated heterocycles. The fourth-order valence-electron chi connectivity index (χ4n) is 4.33. The molecule has 4 rings (SSSR count). The van der Waals surface area contributed by atoms with E-state index >= 15 is 0 Å². The lowest BCUT2D eigenvalue weighted by Crippen LogP contribution is -2.21. The molecule has 196 valence electrons. The number of aromatic nitrogens is 3. The fourth-order valence-corrected chi connectivity index (χ4v) is 5.22. The zero-order chi connectivity index (χ0) is 25.7. The maximum atomic E-state index is 11.0. The zero-order valence-corrected chi connectivity index (χ0v) is 21.4. The molecule has 1 aliphatic heterocycles. The molecule has 3 heterocycles. The van der Waals surface area contributed by atoms with Crippen molar-refractivity contribution in [1.29, 1.82) is 0 Å². The van der Waals surface area contributed by atoms with Crippen molar-refractivity contribution in [2.24, 2.45) is 5.92 Å². The van der Waals surface area contributed by atoms with E-state index in [0.29, 0.717) is 37.7 Å². The Labute approximate surface area is 210 Å². The Morgan fingerprint density at radius 3 is 2.81 bits per heavy atom. The third-order valence-electron chi connectivity index (χ3n) is 6.04. The third kappa shape index (κ3) is 6.94. The van der Waals surface area contributed by atoms with Gasteiger partial charge in [-0.1, -0.05) is 6.92 Å². The Bertz CT molecular complexity index is 1270. The standard InChI is InChI=1S/C25H33N3O7S/c1-17(16-36(30,31)32)8-10-33-15-18(2)35-21-11-19(13-26-14-21)25-22-12-20(29)6-7-23(22)28(27-25)24-5-3-4-9-34-24/h6-7,11-14,17-18,24,29H,3-5,8-10,15-16H2,1-2H3,(H,30,31,32)/t17-,18-,24?/m0/s1. The van der Waals surface area contributed by atoms with Crippen LogP contribution in [0.5, 0.6) is 11.5 Å². The average Bonchev–Trinajstić information content (AvgIpc) is 3.20. The van der Waals surface area contributed by atoms with Crippen LogP contribution in [0.2, 0.25) is 0 Å². The summed E-state index contributed by atoms with van der Waals surface area (Å²) in [6.45, 7) is 4.99. The molecular formula is C25H33N3O7S. The van der Waals surface area contributed by atoms with E-state index < -0.39 is 10.1 Å². The minimum atomic E-state index is -3.98. The maximum Gasteiger partial charge on any atom is 0.265 e. The molecule has 0 radical (unpaired) electrons. The van der Waals surface area contributed by atoms with Gasteiger partial charge < -0.3 is 19.3 Å². The molecule has 2 N–H and O–H groups in total. The van der Waals surface area contributed by atoms with Crippen molar-refractivity contribution < 1.29 is 32.3 Å². The van der Waals surface area contributed by atoms with Gasteiger partial charge in [0, 0.05) is 30.4 Å². The molecule has 1 aromatic carbocycles. The number of benzene rings is 1. The Balaban J connectivity index is 1.43. The highest BCUT2D eigenvalue weighted by Crippen LogP contribution is 2.35. The lowest BCUT2D eigenvalue weighted by molar-refractivity contribution is -0.0365. The Hall–Kier alpha value is -2.73. The van der Waals surface area contributed by atoms with Crippen molar-refractivity contribution in [3.05, 3.63) is 36.7 Å². The summed E-state index contributed by atoms with van der Waals surface area (Å²) < 4.78 is 50.3. The molecule has 36 heavy (non-hydrogen) atoms. The van der Waals surface area contributed by atoms with Gasteiger partial charge in [0.25, 0.3) is 10.1 Å². The Morgan fingerprint density at radius 2 is 2.06 bits per heavy atom. The number of aromatic hydroxyl groups is 1. The second-order valence-corrected chi connectivity index (χ2v) is 10.9. The molecule has 1 fully saturated rings. The van der Waals surface area contributed by atoms with E-state index in [-0.39, 0.29) is 29.8 Å². The molecular weight excluding hydrogens is 486 g/mol. The fraction of sp³-hybridized carbons (Fsp3) is 0.520. The van der Waals surface area contributed by atoms with Crippen molar-refractivity contribution >= 4 is 21.0 Å². The summed E-state index contributed by atoms with van der Waals surface area (Å²) in [5, 5.41) is 15.8. The van der Waals surface area contributed by atoms with Gasteiger partial charge >= 0.3 is 0 Å². The summed E-state index contributed by atoms with van der Waals surface area (Å²) in [6.07, 6.45) is 6.41. The van der Waals surface area contributed by atoms with Crippen molar-refractivity contribution in [2.45, 2.75) is 51.9 Å². The molecule has 1 unspecified atom stereocenters. The monoisotopic (exact) mass is 519 g/mol. The molecule has 3 atom stereocenters. The van der Waals surface area contributed by atoms with Gasteiger partial charge in [-0.2, -0.15) is 13.5 Å². The highest BCUT2D eigenvalue weighted by atomic mass is 32.2. The van der Waals surface area contributed by atoms with Gasteiger partial charge in [0.05, 0.1) is 24.1 Å². The van der Waals surface area contributed by atoms with Gasteiger partial charge in [0.1, 0.15) is 23.3 Å². The first-order valence-corrected chi connectivity index (χ1v) is 13.8. The number of pyridine rings is 1. The number of hydrogen-bond donors (Lipinski definition) is 2. The predicted octanol–water partition coefficient (Wildman–Crippen LogP) is 4.20. The number of phenolic OH excluding ortho intramolecular Hbond substituents is 1. The number of fused-ring (bicyclic) bond motifs is 1. The van der Waals surface area contributed by atoms with Crippen LogP contribution in [0.4, 0.5) is 0 Å². The van der Waals surface area contributed by atoms with Crippen LogP contribution in [0, 0.1) is 5.92 Å². The van der Waals surface area contributed by atoms with E-state index in [0.717, 1.165) is 35.7 Å². The van der Waals surface area contributed by atoms with E-state index in [1.165, 1.54) is 0 Å². The molecule has 3 aromatic rings. The van der Waals surface area contributed by atoms with E-state index in [4.69, 9.17) is 23.9 Å². The molecule has 0 spiro atoms. The Kier molecular flexibility index (Phi) is 8.45. The third-order valence-corrected chi connectivity index (χ3v) is 7.04. The van der Waals surface area contributed by atoms with Crippen LogP contribution < -0.4 is 4.74 Å². The van der Waals surface area contributed by atoms with Gasteiger partial charge in [0.15, 0.2) is 6.23 Å². The second-order valence-electron chi connectivity index (χ2n) is 9.37. The molecule has 0 aliphatic carbocycles. The summed E-state index contributed by atoms with van der Waals surface area (Å²) in [6, 6.07) is 7.05. The molecule has 10 nitrogen and oxygen atoms in total. The van der Waals surface area contributed by atoms with Crippen LogP contribution in [0.3, 0.4) is 0 Å². The van der Waals surface area contributed by atoms with Crippen LogP contribution in [-0.4, -0.2) is 64.5 Å². The highest BCUT2D eigenvalue weighted by Gasteiger charge is 2.22. The summed E-state index contributed by atoms with van der Waals surface area (Å²) in [5.41, 5.74) is 2.32. The topological polar surface area (TPSA) is 133 Å². The van der Waals surface area contributed by atoms with Gasteiger partial charge in [-0.05, 0) is 62.8 Å². The summed E-state index contributed by atoms with van der Waals surface area (Å²) in [7, 11) is -3.98. The largest absolute Gasteiger partial charge is 0.508 e. The van der Waals surface area contributed by atoms with Crippen molar-refractivity contribution in [3.63, 3.8) is 0 Å². The average molecular weight is 520 g/mol. The van der Waals surface area contributed by atoms with Crippen LogP contribution in [-0.2, 0) is 19.6 Å². The minimum absolute atomic E-state index is 0.149. The van der Waals surface area contributed by atoms with E-state index in [2.05, 4.69) is 4.98 Å². The lowest BCUT2D eigenvalue weighted by Gasteiger charge is -2.23. The summed E-state index contributed by atoms with van der Waals surface area (Å²) >= 11 is 0. The van der Waals surface area contributed by atoms with Crippen LogP contribution in [0.25, 0.3) is 22.2 Å². The van der Waals surface area contributed by atoms with E-state index in [1.807, 2.05) is 23.7 Å². The van der Waals surface area contributed by atoms with Crippen molar-refractivity contribution in [1.82, 2.24) is 14.8 Å². The molecule has 11 heteroatoms. The first kappa shape index (κ1) is 26.3. The molecule has 2 aromatic heterocycles. The highest BCUT2D eigenvalue weighted by molar-refractivity contribution is 7.85. The van der Waals surface area contributed by atoms with Crippen LogP contribution >= 0.6 is 0 Å². The van der Waals surface area contributed by atoms with Gasteiger partial charge in [-0.15, -0.1) is 0 Å². The Morgan fingerprint density at radius 1 is 1.22 bits per heavy atom. The van der Waals surface area contributed by atoms with Crippen LogP contribution in [0.1, 0.15) is 45.8 Å². The SMILES string of the molecule is C[C@@H](CCOC[C@H](C)Oc1cncc(-c2nn(C3CCCCO3)c3ccc(O)cc23)c1)CS(=O)(=O)O. The number of phenols is 1.